The molecule has 0 atom stereocenters. The van der Waals surface area contributed by atoms with Gasteiger partial charge in [-0.15, -0.1) is 0 Å². The van der Waals surface area contributed by atoms with E-state index in [0.29, 0.717) is 25.5 Å². The van der Waals surface area contributed by atoms with Gasteiger partial charge in [-0.05, 0) is 45.6 Å². The predicted octanol–water partition coefficient (Wildman–Crippen LogP) is 2.07. The number of nitrogens with one attached hydrogen (secondary N) is 2. The maximum Gasteiger partial charge on any atom is 0.318 e. The van der Waals surface area contributed by atoms with E-state index < -0.39 is 0 Å². The second kappa shape index (κ2) is 9.86. The third-order valence-electron chi connectivity index (χ3n) is 4.24. The average Bonchev–Trinajstić information content (AvgIpc) is 3.12. The van der Waals surface area contributed by atoms with Crippen molar-refractivity contribution in [1.82, 2.24) is 20.5 Å². The van der Waals surface area contributed by atoms with Crippen molar-refractivity contribution in [3.05, 3.63) is 23.9 Å². The average molecular weight is 348 g/mol. The molecule has 1 aliphatic carbocycles. The summed E-state index contributed by atoms with van der Waals surface area (Å²) in [5, 5.41) is 5.55. The summed E-state index contributed by atoms with van der Waals surface area (Å²) in [6, 6.07) is 3.46. The Hall–Kier alpha value is -2.31. The molecule has 0 spiro atoms. The smallest absolute Gasteiger partial charge is 0.318 e. The number of ether oxygens (including phenoxy) is 1. The van der Waals surface area contributed by atoms with Crippen molar-refractivity contribution in [2.45, 2.75) is 52.2 Å². The van der Waals surface area contributed by atoms with E-state index in [-0.39, 0.29) is 24.6 Å². The zero-order valence-corrected chi connectivity index (χ0v) is 15.1. The lowest BCUT2D eigenvalue weighted by atomic mass is 10.2. The Morgan fingerprint density at radius 2 is 2.04 bits per heavy atom. The van der Waals surface area contributed by atoms with Crippen LogP contribution in [0.3, 0.4) is 0 Å². The Kier molecular flexibility index (Phi) is 7.50. The van der Waals surface area contributed by atoms with Crippen LogP contribution in [0.4, 0.5) is 4.79 Å². The van der Waals surface area contributed by atoms with Gasteiger partial charge in [-0.2, -0.15) is 0 Å². The van der Waals surface area contributed by atoms with Crippen molar-refractivity contribution in [2.75, 3.05) is 19.6 Å². The largest absolute Gasteiger partial charge is 0.474 e. The fourth-order valence-electron chi connectivity index (χ4n) is 2.87. The van der Waals surface area contributed by atoms with Gasteiger partial charge in [-0.1, -0.05) is 6.07 Å². The Morgan fingerprint density at radius 3 is 2.72 bits per heavy atom. The molecular weight excluding hydrogens is 320 g/mol. The summed E-state index contributed by atoms with van der Waals surface area (Å²) in [6.07, 6.45) is 6.40. The maximum atomic E-state index is 12.3. The zero-order chi connectivity index (χ0) is 18.1. The molecule has 0 aromatic carbocycles. The Labute approximate surface area is 149 Å². The predicted molar refractivity (Wildman–Crippen MR) is 95.3 cm³/mol. The lowest BCUT2D eigenvalue weighted by Crippen LogP contribution is -2.45. The molecule has 0 radical (unpaired) electrons. The van der Waals surface area contributed by atoms with Gasteiger partial charge in [-0.3, -0.25) is 4.79 Å². The monoisotopic (exact) mass is 348 g/mol. The first kappa shape index (κ1) is 19.0. The summed E-state index contributed by atoms with van der Waals surface area (Å²) < 4.78 is 5.98. The van der Waals surface area contributed by atoms with E-state index in [1.54, 1.807) is 6.20 Å². The molecule has 1 fully saturated rings. The van der Waals surface area contributed by atoms with Crippen LogP contribution in [0.25, 0.3) is 0 Å². The summed E-state index contributed by atoms with van der Waals surface area (Å²) in [7, 11) is 0. The summed E-state index contributed by atoms with van der Waals surface area (Å²) in [5.74, 6) is 0.424. The van der Waals surface area contributed by atoms with Gasteiger partial charge in [0.05, 0.1) is 0 Å². The summed E-state index contributed by atoms with van der Waals surface area (Å²) in [6.45, 7) is 5.08. The number of rotatable bonds is 8. The molecule has 7 nitrogen and oxygen atoms in total. The Balaban J connectivity index is 1.90. The number of urea groups is 1. The van der Waals surface area contributed by atoms with Crippen LogP contribution in [0.15, 0.2) is 18.3 Å². The molecule has 7 heteroatoms. The molecule has 1 saturated carbocycles. The van der Waals surface area contributed by atoms with Crippen molar-refractivity contribution in [3.8, 4) is 5.88 Å². The van der Waals surface area contributed by atoms with Gasteiger partial charge in [0.25, 0.3) is 0 Å². The van der Waals surface area contributed by atoms with Crippen LogP contribution in [0.5, 0.6) is 5.88 Å². The minimum Gasteiger partial charge on any atom is -0.474 e. The molecule has 2 rings (SSSR count). The van der Waals surface area contributed by atoms with Gasteiger partial charge >= 0.3 is 6.03 Å². The second-order valence-electron chi connectivity index (χ2n) is 6.12. The number of carbonyl (C=O) groups is 2. The molecule has 0 saturated heterocycles. The third kappa shape index (κ3) is 5.92. The Morgan fingerprint density at radius 1 is 1.28 bits per heavy atom. The lowest BCUT2D eigenvalue weighted by Gasteiger charge is -2.21. The maximum absolute atomic E-state index is 12.3. The quantitative estimate of drug-likeness (QED) is 0.753. The SMILES string of the molecule is CCNC(=O)CN(CC)C(=O)NCc1cccnc1OC1CCCC1. The standard InChI is InChI=1S/C18H28N4O3/c1-3-19-16(23)13-22(4-2)18(24)21-12-14-8-7-11-20-17(14)25-15-9-5-6-10-15/h7-8,11,15H,3-6,9-10,12-13H2,1-2H3,(H,19,23)(H,21,24). The summed E-state index contributed by atoms with van der Waals surface area (Å²) in [5.41, 5.74) is 0.844. The molecule has 1 heterocycles. The number of amides is 3. The molecule has 3 amide bonds. The molecule has 25 heavy (non-hydrogen) atoms. The number of carbonyl (C=O) groups excluding carboxylic acids is 2. The van der Waals surface area contributed by atoms with Gasteiger partial charge in [0.15, 0.2) is 0 Å². The number of pyridine rings is 1. The third-order valence-corrected chi connectivity index (χ3v) is 4.24. The van der Waals surface area contributed by atoms with Crippen LogP contribution in [0, 0.1) is 0 Å². The molecule has 1 aromatic heterocycles. The normalized spacial score (nSPS) is 14.2. The van der Waals surface area contributed by atoms with Crippen molar-refractivity contribution in [1.29, 1.82) is 0 Å². The first-order chi connectivity index (χ1) is 12.1. The lowest BCUT2D eigenvalue weighted by molar-refractivity contribution is -0.121. The highest BCUT2D eigenvalue weighted by molar-refractivity contribution is 5.83. The van der Waals surface area contributed by atoms with Crippen molar-refractivity contribution >= 4 is 11.9 Å². The molecule has 0 bridgehead atoms. The van der Waals surface area contributed by atoms with Gasteiger partial charge in [-0.25, -0.2) is 9.78 Å². The van der Waals surface area contributed by atoms with Crippen molar-refractivity contribution in [3.63, 3.8) is 0 Å². The minimum absolute atomic E-state index is 0.0502. The number of nitrogens with zero attached hydrogens (tertiary/aromatic N) is 2. The molecule has 1 aromatic rings. The summed E-state index contributed by atoms with van der Waals surface area (Å²) >= 11 is 0. The van der Waals surface area contributed by atoms with Crippen LogP contribution in [-0.2, 0) is 11.3 Å². The van der Waals surface area contributed by atoms with E-state index in [1.165, 1.54) is 17.7 Å². The van der Waals surface area contributed by atoms with Crippen LogP contribution in [-0.4, -0.2) is 47.6 Å². The molecule has 1 aliphatic rings. The fraction of sp³-hybridized carbons (Fsp3) is 0.611. The van der Waals surface area contributed by atoms with Gasteiger partial charge in [0.2, 0.25) is 11.8 Å². The van der Waals surface area contributed by atoms with E-state index in [0.717, 1.165) is 18.4 Å². The highest BCUT2D eigenvalue weighted by atomic mass is 16.5. The van der Waals surface area contributed by atoms with E-state index >= 15 is 0 Å². The molecule has 2 N–H and O–H groups in total. The van der Waals surface area contributed by atoms with E-state index in [2.05, 4.69) is 15.6 Å². The van der Waals surface area contributed by atoms with Crippen LogP contribution >= 0.6 is 0 Å². The van der Waals surface area contributed by atoms with E-state index in [1.807, 2.05) is 26.0 Å². The second-order valence-corrected chi connectivity index (χ2v) is 6.12. The van der Waals surface area contributed by atoms with Crippen LogP contribution in [0.2, 0.25) is 0 Å². The fourth-order valence-corrected chi connectivity index (χ4v) is 2.87. The number of aromatic nitrogens is 1. The Bertz CT molecular complexity index is 573. The minimum atomic E-state index is -0.274. The molecule has 0 aliphatic heterocycles. The topological polar surface area (TPSA) is 83.6 Å². The van der Waals surface area contributed by atoms with Crippen LogP contribution in [0.1, 0.15) is 45.1 Å². The summed E-state index contributed by atoms with van der Waals surface area (Å²) in [4.78, 5) is 29.8. The van der Waals surface area contributed by atoms with Crippen molar-refractivity contribution < 1.29 is 14.3 Å². The molecule has 138 valence electrons. The number of likely N-dealkylation sites (N-methyl/N-ethyl adjacent to an activating group) is 2. The zero-order valence-electron chi connectivity index (χ0n) is 15.1. The first-order valence-corrected chi connectivity index (χ1v) is 9.04. The molecule has 0 unspecified atom stereocenters. The van der Waals surface area contributed by atoms with E-state index in [9.17, 15) is 9.59 Å². The van der Waals surface area contributed by atoms with Gasteiger partial charge in [0.1, 0.15) is 12.6 Å². The number of hydrogen-bond acceptors (Lipinski definition) is 4. The first-order valence-electron chi connectivity index (χ1n) is 9.04. The van der Waals surface area contributed by atoms with Gasteiger partial charge < -0.3 is 20.3 Å². The number of hydrogen-bond donors (Lipinski definition) is 2. The van der Waals surface area contributed by atoms with Crippen molar-refractivity contribution in [2.24, 2.45) is 0 Å². The van der Waals surface area contributed by atoms with Gasteiger partial charge in [0, 0.05) is 31.4 Å². The molecular formula is C18H28N4O3. The van der Waals surface area contributed by atoms with Crippen LogP contribution < -0.4 is 15.4 Å². The van der Waals surface area contributed by atoms with E-state index in [4.69, 9.17) is 4.74 Å². The highest BCUT2D eigenvalue weighted by Crippen LogP contribution is 2.24. The highest BCUT2D eigenvalue weighted by Gasteiger charge is 2.19.